The Labute approximate surface area is 64.2 Å². The lowest BCUT2D eigenvalue weighted by molar-refractivity contribution is 0.148. The minimum atomic E-state index is 0.319. The second kappa shape index (κ2) is 16.0. The first kappa shape index (κ1) is 12.6. The molecule has 0 aliphatic carbocycles. The van der Waals surface area contributed by atoms with Gasteiger partial charge in [-0.15, -0.1) is 0 Å². The van der Waals surface area contributed by atoms with E-state index in [2.05, 4.69) is 6.92 Å². The molecule has 0 aliphatic heterocycles. The summed E-state index contributed by atoms with van der Waals surface area (Å²) < 4.78 is 4.98. The molecule has 0 amide bonds. The predicted octanol–water partition coefficient (Wildman–Crippen LogP) is 1.82. The maximum Gasteiger partial charge on any atom is 0.0463 e. The molecule has 2 heteroatoms. The van der Waals surface area contributed by atoms with E-state index < -0.39 is 0 Å². The highest BCUT2D eigenvalue weighted by Crippen LogP contribution is 1.75. The van der Waals surface area contributed by atoms with Gasteiger partial charge >= 0.3 is 0 Å². The van der Waals surface area contributed by atoms with Crippen molar-refractivity contribution in [2.45, 2.75) is 33.6 Å². The highest BCUT2D eigenvalue weighted by atomic mass is 16.5. The normalized spacial score (nSPS) is 8.40. The van der Waals surface area contributed by atoms with Gasteiger partial charge in [-0.05, 0) is 19.8 Å². The molecule has 0 rings (SSSR count). The van der Waals surface area contributed by atoms with Crippen LogP contribution in [0.2, 0.25) is 0 Å². The molecule has 0 unspecified atom stereocenters. The lowest BCUT2D eigenvalue weighted by Crippen LogP contribution is -1.88. The van der Waals surface area contributed by atoms with Gasteiger partial charge in [-0.1, -0.05) is 13.8 Å². The van der Waals surface area contributed by atoms with E-state index in [0.717, 1.165) is 26.1 Å². The van der Waals surface area contributed by atoms with E-state index in [4.69, 9.17) is 9.84 Å². The number of rotatable bonds is 4. The molecule has 0 aromatic rings. The highest BCUT2D eigenvalue weighted by molar-refractivity contribution is 4.19. The summed E-state index contributed by atoms with van der Waals surface area (Å²) in [5.74, 6) is 0. The second-order valence-corrected chi connectivity index (χ2v) is 1.92. The molecule has 0 aromatic heterocycles. The van der Waals surface area contributed by atoms with E-state index in [1.54, 1.807) is 0 Å². The van der Waals surface area contributed by atoms with Crippen molar-refractivity contribution in [3.63, 3.8) is 0 Å². The minimum Gasteiger partial charge on any atom is -0.396 e. The Morgan fingerprint density at radius 1 is 1.10 bits per heavy atom. The van der Waals surface area contributed by atoms with Crippen LogP contribution >= 0.6 is 0 Å². The van der Waals surface area contributed by atoms with Crippen molar-refractivity contribution >= 4 is 0 Å². The molecule has 0 heterocycles. The quantitative estimate of drug-likeness (QED) is 0.616. The van der Waals surface area contributed by atoms with E-state index in [-0.39, 0.29) is 0 Å². The first-order valence-electron chi connectivity index (χ1n) is 4.01. The number of hydrogen-bond donors (Lipinski definition) is 1. The molecule has 0 aliphatic rings. The summed E-state index contributed by atoms with van der Waals surface area (Å²) >= 11 is 0. The van der Waals surface area contributed by atoms with Gasteiger partial charge in [0.1, 0.15) is 0 Å². The summed E-state index contributed by atoms with van der Waals surface area (Å²) in [6, 6.07) is 0. The molecule has 0 bridgehead atoms. The fourth-order valence-corrected chi connectivity index (χ4v) is 0.289. The number of hydrogen-bond acceptors (Lipinski definition) is 2. The van der Waals surface area contributed by atoms with Crippen LogP contribution in [0.3, 0.4) is 0 Å². The van der Waals surface area contributed by atoms with Crippen LogP contribution in [0.4, 0.5) is 0 Å². The smallest absolute Gasteiger partial charge is 0.0463 e. The van der Waals surface area contributed by atoms with Crippen molar-refractivity contribution in [2.24, 2.45) is 0 Å². The average molecular weight is 148 g/mol. The zero-order valence-electron chi connectivity index (χ0n) is 7.39. The predicted molar refractivity (Wildman–Crippen MR) is 44.2 cm³/mol. The molecule has 1 N–H and O–H groups in total. The Morgan fingerprint density at radius 3 is 1.70 bits per heavy atom. The largest absolute Gasteiger partial charge is 0.396 e. The van der Waals surface area contributed by atoms with Gasteiger partial charge in [-0.2, -0.15) is 0 Å². The Bertz CT molecular complexity index is 32.2. The molecular formula is C8H20O2. The van der Waals surface area contributed by atoms with Gasteiger partial charge < -0.3 is 9.84 Å². The van der Waals surface area contributed by atoms with Crippen molar-refractivity contribution < 1.29 is 9.84 Å². The molecule has 64 valence electrons. The number of aliphatic hydroxyl groups is 1. The number of aliphatic hydroxyl groups excluding tert-OH is 1. The zero-order chi connectivity index (χ0) is 8.24. The first-order chi connectivity index (χ1) is 4.83. The summed E-state index contributed by atoms with van der Waals surface area (Å²) in [7, 11) is 0. The lowest BCUT2D eigenvalue weighted by Gasteiger charge is -1.91. The molecule has 0 fully saturated rings. The van der Waals surface area contributed by atoms with Crippen LogP contribution in [0.1, 0.15) is 33.6 Å². The second-order valence-electron chi connectivity index (χ2n) is 1.92. The highest BCUT2D eigenvalue weighted by Gasteiger charge is 1.72. The average Bonchev–Trinajstić information content (AvgIpc) is 2.01. The van der Waals surface area contributed by atoms with Gasteiger partial charge in [0.05, 0.1) is 0 Å². The van der Waals surface area contributed by atoms with Gasteiger partial charge in [0, 0.05) is 19.8 Å². The van der Waals surface area contributed by atoms with Gasteiger partial charge in [0.2, 0.25) is 0 Å². The Morgan fingerprint density at radius 2 is 1.60 bits per heavy atom. The van der Waals surface area contributed by atoms with Crippen molar-refractivity contribution in [3.05, 3.63) is 0 Å². The van der Waals surface area contributed by atoms with E-state index in [0.29, 0.717) is 6.61 Å². The Hall–Kier alpha value is -0.0800. The zero-order valence-corrected chi connectivity index (χ0v) is 7.39. The molecule has 0 saturated carbocycles. The van der Waals surface area contributed by atoms with E-state index in [9.17, 15) is 0 Å². The fraction of sp³-hybridized carbons (Fsp3) is 1.00. The summed E-state index contributed by atoms with van der Waals surface area (Å²) in [6.45, 7) is 8.13. The van der Waals surface area contributed by atoms with E-state index >= 15 is 0 Å². The molecule has 0 radical (unpaired) electrons. The monoisotopic (exact) mass is 148 g/mol. The SMILES string of the molecule is CCCO.CCCOCC. The third kappa shape index (κ3) is 24.7. The lowest BCUT2D eigenvalue weighted by atomic mass is 10.5. The summed E-state index contributed by atoms with van der Waals surface area (Å²) in [5, 5.41) is 7.88. The Balaban J connectivity index is 0. The summed E-state index contributed by atoms with van der Waals surface area (Å²) in [4.78, 5) is 0. The maximum atomic E-state index is 7.88. The van der Waals surface area contributed by atoms with Gasteiger partial charge in [-0.25, -0.2) is 0 Å². The van der Waals surface area contributed by atoms with Crippen molar-refractivity contribution in [3.8, 4) is 0 Å². The van der Waals surface area contributed by atoms with Crippen molar-refractivity contribution in [1.82, 2.24) is 0 Å². The fourth-order valence-electron chi connectivity index (χ4n) is 0.289. The summed E-state index contributed by atoms with van der Waals surface area (Å²) in [5.41, 5.74) is 0. The molecule has 0 saturated heterocycles. The molecular weight excluding hydrogens is 128 g/mol. The first-order valence-corrected chi connectivity index (χ1v) is 4.01. The van der Waals surface area contributed by atoms with Crippen molar-refractivity contribution in [2.75, 3.05) is 19.8 Å². The van der Waals surface area contributed by atoms with Crippen LogP contribution in [-0.2, 0) is 4.74 Å². The van der Waals surface area contributed by atoms with Crippen LogP contribution in [0.5, 0.6) is 0 Å². The van der Waals surface area contributed by atoms with Crippen LogP contribution in [-0.4, -0.2) is 24.9 Å². The van der Waals surface area contributed by atoms with Crippen LogP contribution in [0, 0.1) is 0 Å². The van der Waals surface area contributed by atoms with Crippen molar-refractivity contribution in [1.29, 1.82) is 0 Å². The van der Waals surface area contributed by atoms with E-state index in [1.807, 2.05) is 13.8 Å². The standard InChI is InChI=1S/C5H12O.C3H8O/c1-3-5-6-4-2;1-2-3-4/h3-5H2,1-2H3;4H,2-3H2,1H3. The summed E-state index contributed by atoms with van der Waals surface area (Å²) in [6.07, 6.45) is 2.01. The Kier molecular flexibility index (Phi) is 20.1. The topological polar surface area (TPSA) is 29.5 Å². The maximum absolute atomic E-state index is 7.88. The van der Waals surface area contributed by atoms with Crippen LogP contribution < -0.4 is 0 Å². The molecule has 10 heavy (non-hydrogen) atoms. The van der Waals surface area contributed by atoms with Crippen LogP contribution in [0.25, 0.3) is 0 Å². The number of ether oxygens (including phenoxy) is 1. The molecule has 2 nitrogen and oxygen atoms in total. The molecule has 0 spiro atoms. The third-order valence-corrected chi connectivity index (χ3v) is 0.776. The van der Waals surface area contributed by atoms with Crippen LogP contribution in [0.15, 0.2) is 0 Å². The molecule has 0 atom stereocenters. The molecule has 0 aromatic carbocycles. The minimum absolute atomic E-state index is 0.319. The third-order valence-electron chi connectivity index (χ3n) is 0.776. The van der Waals surface area contributed by atoms with Gasteiger partial charge in [-0.3, -0.25) is 0 Å². The van der Waals surface area contributed by atoms with E-state index in [1.165, 1.54) is 0 Å². The van der Waals surface area contributed by atoms with Gasteiger partial charge in [0.15, 0.2) is 0 Å². The van der Waals surface area contributed by atoms with Gasteiger partial charge in [0.25, 0.3) is 0 Å².